The molecule has 190 valence electrons. The van der Waals surface area contributed by atoms with Crippen molar-refractivity contribution in [2.45, 2.75) is 51.5 Å². The highest BCUT2D eigenvalue weighted by Crippen LogP contribution is 2.29. The summed E-state index contributed by atoms with van der Waals surface area (Å²) in [5.41, 5.74) is 1.85. The van der Waals surface area contributed by atoms with Gasteiger partial charge in [0.15, 0.2) is 0 Å². The van der Waals surface area contributed by atoms with E-state index in [0.29, 0.717) is 35.1 Å². The highest BCUT2D eigenvalue weighted by Gasteiger charge is 2.26. The molecule has 2 fully saturated rings. The number of carbonyl (C=O) groups excluding carboxylic acids is 1. The van der Waals surface area contributed by atoms with Crippen molar-refractivity contribution in [1.82, 2.24) is 14.8 Å². The first-order valence-corrected chi connectivity index (χ1v) is 12.9. The van der Waals surface area contributed by atoms with E-state index in [-0.39, 0.29) is 24.2 Å². The largest absolute Gasteiger partial charge is 0.492 e. The molecule has 2 heterocycles. The molecule has 1 aromatic carbocycles. The first kappa shape index (κ1) is 25.6. The van der Waals surface area contributed by atoms with Gasteiger partial charge in [-0.2, -0.15) is 0 Å². The molecule has 7 heteroatoms. The topological polar surface area (TPSA) is 54.9 Å². The number of ether oxygens (including phenoxy) is 2. The number of pyridine rings is 1. The first-order chi connectivity index (χ1) is 17.0. The molecule has 2 aliphatic rings. The van der Waals surface area contributed by atoms with Crippen LogP contribution in [0.15, 0.2) is 36.5 Å². The molecule has 1 aliphatic heterocycles. The van der Waals surface area contributed by atoms with E-state index in [4.69, 9.17) is 9.47 Å². The molecule has 1 aromatic heterocycles. The van der Waals surface area contributed by atoms with Crippen LogP contribution in [0.3, 0.4) is 0 Å². The lowest BCUT2D eigenvalue weighted by atomic mass is 9.84. The third-order valence-corrected chi connectivity index (χ3v) is 7.52. The van der Waals surface area contributed by atoms with Crippen molar-refractivity contribution >= 4 is 5.91 Å². The standard InChI is InChI=1S/C28H38FN3O3/c1-21(22-6-4-3-5-7-22)31(2)28(33)18-24-9-8-23(20-30-24)26-11-10-25(19-27(26)29)35-17-14-32-12-15-34-16-13-32/h8-11,19-22H,3-7,12-18H2,1-2H3/t21-/m1/s1. The highest BCUT2D eigenvalue weighted by atomic mass is 19.1. The van der Waals surface area contributed by atoms with Gasteiger partial charge in [-0.3, -0.25) is 14.7 Å². The van der Waals surface area contributed by atoms with Crippen LogP contribution >= 0.6 is 0 Å². The third kappa shape index (κ3) is 7.01. The van der Waals surface area contributed by atoms with E-state index in [1.807, 2.05) is 24.1 Å². The van der Waals surface area contributed by atoms with E-state index < -0.39 is 0 Å². The van der Waals surface area contributed by atoms with Gasteiger partial charge in [-0.15, -0.1) is 0 Å². The molecule has 1 atom stereocenters. The molecular weight excluding hydrogens is 445 g/mol. The Morgan fingerprint density at radius 2 is 1.97 bits per heavy atom. The Labute approximate surface area is 208 Å². The molecule has 1 saturated carbocycles. The number of rotatable bonds is 9. The number of amides is 1. The number of benzene rings is 1. The highest BCUT2D eigenvalue weighted by molar-refractivity contribution is 5.78. The average Bonchev–Trinajstić information content (AvgIpc) is 2.89. The lowest BCUT2D eigenvalue weighted by Gasteiger charge is -2.34. The van der Waals surface area contributed by atoms with E-state index in [9.17, 15) is 9.18 Å². The molecule has 2 aromatic rings. The number of carbonyl (C=O) groups is 1. The van der Waals surface area contributed by atoms with Crippen LogP contribution in [0.4, 0.5) is 4.39 Å². The quantitative estimate of drug-likeness (QED) is 0.523. The maximum absolute atomic E-state index is 14.8. The summed E-state index contributed by atoms with van der Waals surface area (Å²) in [5.74, 6) is 0.834. The van der Waals surface area contributed by atoms with Crippen LogP contribution in [-0.2, 0) is 16.0 Å². The number of morpholine rings is 1. The fourth-order valence-corrected chi connectivity index (χ4v) is 5.07. The smallest absolute Gasteiger partial charge is 0.228 e. The summed E-state index contributed by atoms with van der Waals surface area (Å²) in [4.78, 5) is 21.4. The van der Waals surface area contributed by atoms with Gasteiger partial charge in [0, 0.05) is 61.8 Å². The summed E-state index contributed by atoms with van der Waals surface area (Å²) in [7, 11) is 1.90. The SMILES string of the molecule is C[C@H](C1CCCCC1)N(C)C(=O)Cc1ccc(-c2ccc(OCCN3CCOCC3)cc2F)cn1. The molecule has 4 rings (SSSR count). The van der Waals surface area contributed by atoms with Gasteiger partial charge in [-0.25, -0.2) is 4.39 Å². The van der Waals surface area contributed by atoms with Gasteiger partial charge in [0.1, 0.15) is 18.2 Å². The van der Waals surface area contributed by atoms with Crippen molar-refractivity contribution in [3.8, 4) is 16.9 Å². The van der Waals surface area contributed by atoms with Crippen LogP contribution in [0, 0.1) is 11.7 Å². The summed E-state index contributed by atoms with van der Waals surface area (Å²) in [6.45, 7) is 6.77. The van der Waals surface area contributed by atoms with Gasteiger partial charge in [-0.1, -0.05) is 25.3 Å². The summed E-state index contributed by atoms with van der Waals surface area (Å²) in [5, 5.41) is 0. The number of hydrogen-bond acceptors (Lipinski definition) is 5. The van der Waals surface area contributed by atoms with Crippen molar-refractivity contribution in [3.63, 3.8) is 0 Å². The van der Waals surface area contributed by atoms with Crippen LogP contribution in [0.2, 0.25) is 0 Å². The zero-order chi connectivity index (χ0) is 24.6. The normalized spacial score (nSPS) is 18.3. The number of likely N-dealkylation sites (N-methyl/N-ethyl adjacent to an activating group) is 1. The fourth-order valence-electron chi connectivity index (χ4n) is 5.07. The predicted octanol–water partition coefficient (Wildman–Crippen LogP) is 4.57. The van der Waals surface area contributed by atoms with Gasteiger partial charge in [0.05, 0.1) is 19.6 Å². The molecule has 0 unspecified atom stereocenters. The molecule has 35 heavy (non-hydrogen) atoms. The minimum Gasteiger partial charge on any atom is -0.492 e. The fraction of sp³-hybridized carbons (Fsp3) is 0.571. The van der Waals surface area contributed by atoms with E-state index in [1.165, 1.54) is 38.2 Å². The zero-order valence-electron chi connectivity index (χ0n) is 21.0. The molecule has 1 amide bonds. The molecule has 6 nitrogen and oxygen atoms in total. The zero-order valence-corrected chi connectivity index (χ0v) is 21.0. The maximum atomic E-state index is 14.8. The summed E-state index contributed by atoms with van der Waals surface area (Å²) in [6.07, 6.45) is 8.14. The van der Waals surface area contributed by atoms with Gasteiger partial charge in [0.2, 0.25) is 5.91 Å². The molecule has 0 radical (unpaired) electrons. The Morgan fingerprint density at radius 1 is 1.20 bits per heavy atom. The van der Waals surface area contributed by atoms with Gasteiger partial charge >= 0.3 is 0 Å². The third-order valence-electron chi connectivity index (χ3n) is 7.52. The second kappa shape index (κ2) is 12.5. The van der Waals surface area contributed by atoms with Crippen LogP contribution in [0.5, 0.6) is 5.75 Å². The van der Waals surface area contributed by atoms with Crippen molar-refractivity contribution in [2.75, 3.05) is 46.5 Å². The predicted molar refractivity (Wildman–Crippen MR) is 135 cm³/mol. The number of hydrogen-bond donors (Lipinski definition) is 0. The van der Waals surface area contributed by atoms with E-state index in [1.54, 1.807) is 18.3 Å². The second-order valence-corrected chi connectivity index (χ2v) is 9.80. The Kier molecular flexibility index (Phi) is 9.10. The molecular formula is C28H38FN3O3. The molecule has 0 N–H and O–H groups in total. The Morgan fingerprint density at radius 3 is 2.66 bits per heavy atom. The van der Waals surface area contributed by atoms with Crippen molar-refractivity contribution < 1.29 is 18.7 Å². The van der Waals surface area contributed by atoms with E-state index >= 15 is 0 Å². The van der Waals surface area contributed by atoms with Crippen LogP contribution in [-0.4, -0.2) is 73.2 Å². The van der Waals surface area contributed by atoms with E-state index in [0.717, 1.165) is 32.8 Å². The Bertz CT molecular complexity index is 956. The number of nitrogens with zero attached hydrogens (tertiary/aromatic N) is 3. The van der Waals surface area contributed by atoms with Crippen LogP contribution in [0.1, 0.15) is 44.7 Å². The summed E-state index contributed by atoms with van der Waals surface area (Å²) >= 11 is 0. The van der Waals surface area contributed by atoms with Crippen molar-refractivity contribution in [2.24, 2.45) is 5.92 Å². The van der Waals surface area contributed by atoms with Gasteiger partial charge in [0.25, 0.3) is 0 Å². The average molecular weight is 484 g/mol. The number of halogens is 1. The Hall–Kier alpha value is -2.51. The molecule has 0 spiro atoms. The second-order valence-electron chi connectivity index (χ2n) is 9.80. The minimum atomic E-state index is -0.347. The van der Waals surface area contributed by atoms with Gasteiger partial charge < -0.3 is 14.4 Å². The lowest BCUT2D eigenvalue weighted by Crippen LogP contribution is -2.41. The Balaban J connectivity index is 1.30. The van der Waals surface area contributed by atoms with Crippen LogP contribution in [0.25, 0.3) is 11.1 Å². The summed E-state index contributed by atoms with van der Waals surface area (Å²) < 4.78 is 25.9. The summed E-state index contributed by atoms with van der Waals surface area (Å²) in [6, 6.07) is 8.83. The van der Waals surface area contributed by atoms with Crippen LogP contribution < -0.4 is 4.74 Å². The van der Waals surface area contributed by atoms with E-state index in [2.05, 4.69) is 16.8 Å². The molecule has 1 aliphatic carbocycles. The molecule has 0 bridgehead atoms. The lowest BCUT2D eigenvalue weighted by molar-refractivity contribution is -0.132. The van der Waals surface area contributed by atoms with Gasteiger partial charge in [-0.05, 0) is 43.9 Å². The minimum absolute atomic E-state index is 0.0769. The maximum Gasteiger partial charge on any atom is 0.228 e. The van der Waals surface area contributed by atoms with Crippen molar-refractivity contribution in [3.05, 3.63) is 48.0 Å². The van der Waals surface area contributed by atoms with Crippen molar-refractivity contribution in [1.29, 1.82) is 0 Å². The number of aromatic nitrogens is 1. The molecule has 1 saturated heterocycles. The monoisotopic (exact) mass is 483 g/mol. The first-order valence-electron chi connectivity index (χ1n) is 12.9.